The topological polar surface area (TPSA) is 94.3 Å². The number of nitrogens with two attached hydrogens (primary N) is 1. The van der Waals surface area contributed by atoms with Crippen LogP contribution in [0.25, 0.3) is 11.1 Å². The van der Waals surface area contributed by atoms with E-state index in [9.17, 15) is 14.0 Å². The average molecular weight is 435 g/mol. The van der Waals surface area contributed by atoms with Crippen molar-refractivity contribution in [3.8, 4) is 11.1 Å². The van der Waals surface area contributed by atoms with Crippen LogP contribution in [0.15, 0.2) is 60.9 Å². The number of hydrogen-bond donors (Lipinski definition) is 2. The largest absolute Gasteiger partial charge is 0.444 e. The molecule has 6 nitrogen and oxygen atoms in total. The number of aromatic nitrogens is 1. The first-order valence-corrected chi connectivity index (χ1v) is 10.2. The molecule has 0 fully saturated rings. The second-order valence-electron chi connectivity index (χ2n) is 8.42. The number of halogens is 1. The first kappa shape index (κ1) is 22.9. The Labute approximate surface area is 186 Å². The van der Waals surface area contributed by atoms with Gasteiger partial charge in [0.15, 0.2) is 5.78 Å². The van der Waals surface area contributed by atoms with E-state index >= 15 is 0 Å². The normalized spacial score (nSPS) is 11.1. The zero-order chi connectivity index (χ0) is 23.3. The third-order valence-corrected chi connectivity index (χ3v) is 4.66. The Bertz CT molecular complexity index is 1140. The molecule has 0 atom stereocenters. The molecule has 0 saturated carbocycles. The minimum Gasteiger partial charge on any atom is -0.444 e. The van der Waals surface area contributed by atoms with Crippen molar-refractivity contribution in [1.82, 2.24) is 10.3 Å². The van der Waals surface area contributed by atoms with Gasteiger partial charge in [0.25, 0.3) is 0 Å². The Hall–Kier alpha value is -3.74. The number of nitrogen functional groups attached to an aromatic ring is 1. The number of ether oxygens (including phenoxy) is 1. The van der Waals surface area contributed by atoms with Crippen molar-refractivity contribution in [2.45, 2.75) is 39.3 Å². The molecule has 3 aromatic rings. The predicted molar refractivity (Wildman–Crippen MR) is 122 cm³/mol. The summed E-state index contributed by atoms with van der Waals surface area (Å²) < 4.78 is 19.2. The molecular formula is C25H26FN3O3. The molecule has 0 spiro atoms. The highest BCUT2D eigenvalue weighted by Gasteiger charge is 2.18. The van der Waals surface area contributed by atoms with E-state index in [1.165, 1.54) is 12.3 Å². The van der Waals surface area contributed by atoms with Gasteiger partial charge in [0.2, 0.25) is 0 Å². The molecule has 0 unspecified atom stereocenters. The van der Waals surface area contributed by atoms with Crippen LogP contribution in [0.3, 0.4) is 0 Å². The molecule has 0 aliphatic heterocycles. The van der Waals surface area contributed by atoms with Gasteiger partial charge in [-0.05, 0) is 67.3 Å². The predicted octanol–water partition coefficient (Wildman–Crippen LogP) is 4.92. The quantitative estimate of drug-likeness (QED) is 0.423. The molecule has 1 aromatic heterocycles. The van der Waals surface area contributed by atoms with E-state index in [1.54, 1.807) is 51.1 Å². The molecule has 3 N–H and O–H groups in total. The Morgan fingerprint density at radius 2 is 1.88 bits per heavy atom. The highest BCUT2D eigenvalue weighted by molar-refractivity contribution is 5.99. The first-order chi connectivity index (χ1) is 15.1. The van der Waals surface area contributed by atoms with Crippen molar-refractivity contribution in [2.24, 2.45) is 0 Å². The van der Waals surface area contributed by atoms with Crippen LogP contribution in [0, 0.1) is 5.82 Å². The van der Waals surface area contributed by atoms with E-state index in [-0.39, 0.29) is 24.3 Å². The molecule has 3 rings (SSSR count). The van der Waals surface area contributed by atoms with E-state index < -0.39 is 17.5 Å². The van der Waals surface area contributed by atoms with Crippen LogP contribution in [-0.4, -0.2) is 22.5 Å². The summed E-state index contributed by atoms with van der Waals surface area (Å²) in [6, 6.07) is 13.9. The van der Waals surface area contributed by atoms with Gasteiger partial charge >= 0.3 is 6.09 Å². The lowest BCUT2D eigenvalue weighted by molar-refractivity contribution is 0.0523. The Morgan fingerprint density at radius 1 is 1.09 bits per heavy atom. The van der Waals surface area contributed by atoms with Crippen LogP contribution in [0.4, 0.5) is 14.9 Å². The number of rotatable bonds is 6. The SMILES string of the molecule is CC(C)(C)OC(=O)NCc1ccc(C(=O)Cc2ccncc2F)cc1-c1cccc(N)c1. The number of amides is 1. The third kappa shape index (κ3) is 6.14. The molecule has 0 saturated heterocycles. The fraction of sp³-hybridized carbons (Fsp3) is 0.240. The number of nitrogens with one attached hydrogen (secondary N) is 1. The number of hydrogen-bond acceptors (Lipinski definition) is 5. The number of anilines is 1. The Balaban J connectivity index is 1.90. The van der Waals surface area contributed by atoms with Crippen molar-refractivity contribution < 1.29 is 18.7 Å². The number of nitrogens with zero attached hydrogens (tertiary/aromatic N) is 1. The van der Waals surface area contributed by atoms with Crippen molar-refractivity contribution >= 4 is 17.6 Å². The summed E-state index contributed by atoms with van der Waals surface area (Å²) in [4.78, 5) is 28.7. The van der Waals surface area contributed by atoms with Gasteiger partial charge < -0.3 is 15.8 Å². The van der Waals surface area contributed by atoms with Gasteiger partial charge in [0, 0.05) is 30.4 Å². The number of carbonyl (C=O) groups excluding carboxylic acids is 2. The Morgan fingerprint density at radius 3 is 2.56 bits per heavy atom. The number of ketones is 1. The van der Waals surface area contributed by atoms with Gasteiger partial charge in [0.1, 0.15) is 11.4 Å². The molecule has 2 aromatic carbocycles. The highest BCUT2D eigenvalue weighted by Crippen LogP contribution is 2.27. The van der Waals surface area contributed by atoms with Gasteiger partial charge in [-0.3, -0.25) is 9.78 Å². The summed E-state index contributed by atoms with van der Waals surface area (Å²) in [6.45, 7) is 5.57. The number of benzene rings is 2. The maximum absolute atomic E-state index is 13.9. The van der Waals surface area contributed by atoms with E-state index in [2.05, 4.69) is 10.3 Å². The zero-order valence-corrected chi connectivity index (χ0v) is 18.3. The molecular weight excluding hydrogens is 409 g/mol. The third-order valence-electron chi connectivity index (χ3n) is 4.66. The number of pyridine rings is 1. The summed E-state index contributed by atoms with van der Waals surface area (Å²) in [6.07, 6.45) is 1.92. The van der Waals surface area contributed by atoms with E-state index in [4.69, 9.17) is 10.5 Å². The minimum absolute atomic E-state index is 0.0831. The van der Waals surface area contributed by atoms with Gasteiger partial charge in [-0.25, -0.2) is 9.18 Å². The lowest BCUT2D eigenvalue weighted by Crippen LogP contribution is -2.32. The highest BCUT2D eigenvalue weighted by atomic mass is 19.1. The van der Waals surface area contributed by atoms with Crippen LogP contribution in [0.1, 0.15) is 42.3 Å². The molecule has 32 heavy (non-hydrogen) atoms. The van der Waals surface area contributed by atoms with Crippen molar-refractivity contribution in [2.75, 3.05) is 5.73 Å². The molecule has 1 amide bonds. The maximum atomic E-state index is 13.9. The molecule has 1 heterocycles. The summed E-state index contributed by atoms with van der Waals surface area (Å²) in [5, 5.41) is 2.74. The first-order valence-electron chi connectivity index (χ1n) is 10.2. The van der Waals surface area contributed by atoms with Gasteiger partial charge in [-0.2, -0.15) is 0 Å². The lowest BCUT2D eigenvalue weighted by atomic mass is 9.94. The van der Waals surface area contributed by atoms with E-state index in [1.807, 2.05) is 12.1 Å². The summed E-state index contributed by atoms with van der Waals surface area (Å²) in [7, 11) is 0. The van der Waals surface area contributed by atoms with Gasteiger partial charge in [-0.1, -0.05) is 24.3 Å². The van der Waals surface area contributed by atoms with Gasteiger partial charge in [-0.15, -0.1) is 0 Å². The molecule has 166 valence electrons. The van der Waals surface area contributed by atoms with E-state index in [0.29, 0.717) is 11.3 Å². The molecule has 0 bridgehead atoms. The fourth-order valence-electron chi connectivity index (χ4n) is 3.18. The molecule has 0 aliphatic carbocycles. The van der Waals surface area contributed by atoms with Gasteiger partial charge in [0.05, 0.1) is 6.20 Å². The van der Waals surface area contributed by atoms with Crippen LogP contribution >= 0.6 is 0 Å². The lowest BCUT2D eigenvalue weighted by Gasteiger charge is -2.20. The van der Waals surface area contributed by atoms with Crippen molar-refractivity contribution in [1.29, 1.82) is 0 Å². The monoisotopic (exact) mass is 435 g/mol. The number of carbonyl (C=O) groups is 2. The summed E-state index contributed by atoms with van der Waals surface area (Å²) in [5.41, 5.74) is 8.96. The molecule has 7 heteroatoms. The minimum atomic E-state index is -0.612. The molecule has 0 radical (unpaired) electrons. The summed E-state index contributed by atoms with van der Waals surface area (Å²) in [5.74, 6) is -0.748. The van der Waals surface area contributed by atoms with Crippen LogP contribution < -0.4 is 11.1 Å². The van der Waals surface area contributed by atoms with Crippen LogP contribution in [-0.2, 0) is 17.7 Å². The standard InChI is InChI=1S/C25H26FN3O3/c1-25(2,3)32-24(31)29-14-19-8-7-18(12-21(19)16-5-4-6-20(27)11-16)23(30)13-17-9-10-28-15-22(17)26/h4-12,15H,13-14,27H2,1-3H3,(H,29,31). The second-order valence-corrected chi connectivity index (χ2v) is 8.42. The Kier molecular flexibility index (Phi) is 6.88. The second kappa shape index (κ2) is 9.60. The van der Waals surface area contributed by atoms with Crippen LogP contribution in [0.2, 0.25) is 0 Å². The maximum Gasteiger partial charge on any atom is 0.407 e. The fourth-order valence-corrected chi connectivity index (χ4v) is 3.18. The smallest absolute Gasteiger partial charge is 0.407 e. The summed E-state index contributed by atoms with van der Waals surface area (Å²) >= 11 is 0. The number of alkyl carbamates (subject to hydrolysis) is 1. The average Bonchev–Trinajstić information content (AvgIpc) is 2.72. The molecule has 0 aliphatic rings. The van der Waals surface area contributed by atoms with Crippen LogP contribution in [0.5, 0.6) is 0 Å². The van der Waals surface area contributed by atoms with E-state index in [0.717, 1.165) is 22.9 Å². The van der Waals surface area contributed by atoms with Crippen molar-refractivity contribution in [3.63, 3.8) is 0 Å². The zero-order valence-electron chi connectivity index (χ0n) is 18.3. The number of Topliss-reactive ketones (excluding diaryl/α,β-unsaturated/α-hetero) is 1. The van der Waals surface area contributed by atoms with Crippen molar-refractivity contribution in [3.05, 3.63) is 83.4 Å².